The lowest BCUT2D eigenvalue weighted by Crippen LogP contribution is -2.23. The molecule has 2 aromatic rings. The maximum absolute atomic E-state index is 12.5. The lowest BCUT2D eigenvalue weighted by atomic mass is 10.1. The minimum atomic E-state index is -0.374. The van der Waals surface area contributed by atoms with Crippen molar-refractivity contribution >= 4 is 23.6 Å². The zero-order valence-corrected chi connectivity index (χ0v) is 15.9. The Kier molecular flexibility index (Phi) is 6.65. The number of esters is 1. The maximum Gasteiger partial charge on any atom is 0.339 e. The fourth-order valence-corrected chi connectivity index (χ4v) is 3.23. The molecule has 0 spiro atoms. The van der Waals surface area contributed by atoms with E-state index < -0.39 is 0 Å². The van der Waals surface area contributed by atoms with Crippen molar-refractivity contribution in [3.63, 3.8) is 0 Å². The predicted octanol–water partition coefficient (Wildman–Crippen LogP) is 3.84. The third-order valence-electron chi connectivity index (χ3n) is 3.82. The summed E-state index contributed by atoms with van der Waals surface area (Å²) >= 11 is 1.35. The van der Waals surface area contributed by atoms with E-state index in [-0.39, 0.29) is 24.2 Å². The van der Waals surface area contributed by atoms with Crippen molar-refractivity contribution in [3.05, 3.63) is 64.7 Å². The van der Waals surface area contributed by atoms with Gasteiger partial charge in [-0.3, -0.25) is 4.79 Å². The number of rotatable bonds is 6. The average molecular weight is 357 g/mol. The first-order valence-corrected chi connectivity index (χ1v) is 9.02. The number of thioether (sulfide) groups is 1. The number of carbonyl (C=O) groups is 2. The summed E-state index contributed by atoms with van der Waals surface area (Å²) in [6.45, 7) is 4.25. The van der Waals surface area contributed by atoms with Gasteiger partial charge in [-0.1, -0.05) is 35.9 Å². The molecule has 0 saturated carbocycles. The van der Waals surface area contributed by atoms with Crippen molar-refractivity contribution in [1.29, 1.82) is 0 Å². The number of carbonyl (C=O) groups excluding carboxylic acids is 2. The molecule has 0 aromatic heterocycles. The summed E-state index contributed by atoms with van der Waals surface area (Å²) in [5, 5.41) is 0. The molecule has 25 heavy (non-hydrogen) atoms. The summed E-state index contributed by atoms with van der Waals surface area (Å²) < 4.78 is 5.50. The van der Waals surface area contributed by atoms with E-state index in [1.165, 1.54) is 16.7 Å². The van der Waals surface area contributed by atoms with Gasteiger partial charge >= 0.3 is 5.97 Å². The van der Waals surface area contributed by atoms with Gasteiger partial charge in [-0.15, -0.1) is 11.8 Å². The molecular weight excluding hydrogens is 334 g/mol. The number of aryl methyl sites for hydroxylation is 2. The van der Waals surface area contributed by atoms with Crippen LogP contribution in [0.25, 0.3) is 0 Å². The van der Waals surface area contributed by atoms with E-state index in [9.17, 15) is 9.59 Å². The van der Waals surface area contributed by atoms with Crippen LogP contribution in [0.2, 0.25) is 0 Å². The lowest BCUT2D eigenvalue weighted by Gasteiger charge is -2.12. The highest BCUT2D eigenvalue weighted by Gasteiger charge is 2.15. The van der Waals surface area contributed by atoms with Gasteiger partial charge in [-0.05, 0) is 37.1 Å². The van der Waals surface area contributed by atoms with E-state index in [0.717, 1.165) is 21.6 Å². The summed E-state index contributed by atoms with van der Waals surface area (Å²) in [6.07, 6.45) is 0. The van der Waals surface area contributed by atoms with Crippen LogP contribution in [0.3, 0.4) is 0 Å². The molecule has 2 aromatic carbocycles. The van der Waals surface area contributed by atoms with E-state index in [4.69, 9.17) is 4.74 Å². The van der Waals surface area contributed by atoms with Gasteiger partial charge in [-0.25, -0.2) is 4.79 Å². The van der Waals surface area contributed by atoms with Crippen molar-refractivity contribution < 1.29 is 14.3 Å². The van der Waals surface area contributed by atoms with Crippen LogP contribution in [0.4, 0.5) is 0 Å². The van der Waals surface area contributed by atoms with Crippen molar-refractivity contribution in [3.8, 4) is 0 Å². The van der Waals surface area contributed by atoms with Gasteiger partial charge in [0.1, 0.15) is 6.61 Å². The topological polar surface area (TPSA) is 46.6 Å². The highest BCUT2D eigenvalue weighted by atomic mass is 32.2. The van der Waals surface area contributed by atoms with Crippen LogP contribution in [-0.2, 0) is 16.1 Å². The van der Waals surface area contributed by atoms with Gasteiger partial charge in [0.15, 0.2) is 0 Å². The maximum atomic E-state index is 12.5. The molecule has 0 unspecified atom stereocenters. The molecule has 5 heteroatoms. The first kappa shape index (κ1) is 19.1. The molecule has 0 atom stereocenters. The van der Waals surface area contributed by atoms with Crippen LogP contribution >= 0.6 is 11.8 Å². The number of nitrogens with zero attached hydrogens (tertiary/aromatic N) is 1. The molecule has 0 N–H and O–H groups in total. The number of hydrogen-bond donors (Lipinski definition) is 0. The van der Waals surface area contributed by atoms with Gasteiger partial charge in [-0.2, -0.15) is 0 Å². The number of hydrogen-bond acceptors (Lipinski definition) is 4. The molecule has 4 nitrogen and oxygen atoms in total. The third kappa shape index (κ3) is 5.36. The van der Waals surface area contributed by atoms with E-state index in [1.807, 2.05) is 44.2 Å². The van der Waals surface area contributed by atoms with Gasteiger partial charge in [0.2, 0.25) is 5.91 Å². The van der Waals surface area contributed by atoms with Gasteiger partial charge < -0.3 is 9.64 Å². The molecule has 1 amide bonds. The normalized spacial score (nSPS) is 10.4. The van der Waals surface area contributed by atoms with Gasteiger partial charge in [0, 0.05) is 19.0 Å². The fraction of sp³-hybridized carbons (Fsp3) is 0.300. The summed E-state index contributed by atoms with van der Waals surface area (Å²) in [5.41, 5.74) is 3.72. The lowest BCUT2D eigenvalue weighted by molar-refractivity contribution is -0.125. The fourth-order valence-electron chi connectivity index (χ4n) is 2.21. The molecule has 0 fully saturated rings. The van der Waals surface area contributed by atoms with Crippen LogP contribution in [0.5, 0.6) is 0 Å². The zero-order valence-electron chi connectivity index (χ0n) is 15.0. The summed E-state index contributed by atoms with van der Waals surface area (Å²) in [7, 11) is 3.43. The molecule has 0 bridgehead atoms. The molecule has 0 aliphatic rings. The Morgan fingerprint density at radius 1 is 1.08 bits per heavy atom. The van der Waals surface area contributed by atoms with Crippen molar-refractivity contribution in [2.45, 2.75) is 25.3 Å². The second-order valence-corrected chi connectivity index (χ2v) is 7.10. The largest absolute Gasteiger partial charge is 0.457 e. The average Bonchev–Trinajstić information content (AvgIpc) is 2.60. The Bertz CT molecular complexity index is 771. The Labute approximate surface area is 153 Å². The van der Waals surface area contributed by atoms with E-state index in [1.54, 1.807) is 26.2 Å². The van der Waals surface area contributed by atoms with E-state index >= 15 is 0 Å². The minimum Gasteiger partial charge on any atom is -0.457 e. The second kappa shape index (κ2) is 8.72. The van der Waals surface area contributed by atoms with Crippen molar-refractivity contribution in [1.82, 2.24) is 4.90 Å². The Balaban J connectivity index is 2.06. The Morgan fingerprint density at radius 3 is 2.52 bits per heavy atom. The zero-order chi connectivity index (χ0) is 18.4. The van der Waals surface area contributed by atoms with E-state index in [0.29, 0.717) is 5.56 Å². The molecule has 132 valence electrons. The van der Waals surface area contributed by atoms with Crippen LogP contribution in [0, 0.1) is 13.8 Å². The quantitative estimate of drug-likeness (QED) is 0.582. The van der Waals surface area contributed by atoms with Crippen molar-refractivity contribution in [2.24, 2.45) is 0 Å². The highest BCUT2D eigenvalue weighted by Crippen LogP contribution is 2.24. The number of ether oxygens (including phenoxy) is 1. The molecular formula is C20H23NO3S. The second-order valence-electron chi connectivity index (χ2n) is 6.08. The van der Waals surface area contributed by atoms with Gasteiger partial charge in [0.25, 0.3) is 0 Å². The van der Waals surface area contributed by atoms with Crippen LogP contribution in [-0.4, -0.2) is 36.6 Å². The van der Waals surface area contributed by atoms with Gasteiger partial charge in [0.05, 0.1) is 11.3 Å². The van der Waals surface area contributed by atoms with Crippen molar-refractivity contribution in [2.75, 3.05) is 19.8 Å². The first-order chi connectivity index (χ1) is 11.9. The molecule has 2 rings (SSSR count). The van der Waals surface area contributed by atoms with Crippen LogP contribution in [0.1, 0.15) is 27.0 Å². The van der Waals surface area contributed by atoms with E-state index in [2.05, 4.69) is 0 Å². The Morgan fingerprint density at radius 2 is 1.80 bits per heavy atom. The molecule has 0 aliphatic carbocycles. The van der Waals surface area contributed by atoms with Crippen LogP contribution < -0.4 is 0 Å². The smallest absolute Gasteiger partial charge is 0.339 e. The monoisotopic (exact) mass is 357 g/mol. The summed E-state index contributed by atoms with van der Waals surface area (Å²) in [5.74, 6) is -0.0845. The molecule has 0 radical (unpaired) electrons. The molecule has 0 heterocycles. The SMILES string of the molecule is Cc1ccc(C)c(COC(=O)c2ccccc2SCC(=O)N(C)C)c1. The highest BCUT2D eigenvalue weighted by molar-refractivity contribution is 8.00. The Hall–Kier alpha value is -2.27. The summed E-state index contributed by atoms with van der Waals surface area (Å²) in [6, 6.07) is 13.3. The predicted molar refractivity (Wildman–Crippen MR) is 101 cm³/mol. The first-order valence-electron chi connectivity index (χ1n) is 8.03. The molecule has 0 aliphatic heterocycles. The summed E-state index contributed by atoms with van der Waals surface area (Å²) in [4.78, 5) is 26.5. The minimum absolute atomic E-state index is 0.00329. The molecule has 0 saturated heterocycles. The number of benzene rings is 2. The standard InChI is InChI=1S/C20H23NO3S/c1-14-9-10-15(2)16(11-14)12-24-20(23)17-7-5-6-8-18(17)25-13-19(22)21(3)4/h5-11H,12-13H2,1-4H3. The third-order valence-corrected chi connectivity index (χ3v) is 4.88. The van der Waals surface area contributed by atoms with Crippen LogP contribution in [0.15, 0.2) is 47.4 Å². The number of amides is 1.